The van der Waals surface area contributed by atoms with Crippen LogP contribution in [0, 0.1) is 0 Å². The Kier molecular flexibility index (Phi) is 3.83. The van der Waals surface area contributed by atoms with Crippen molar-refractivity contribution in [2.45, 2.75) is 38.9 Å². The Balaban J connectivity index is 1.90. The SMILES string of the molecule is CC1(C)OB(C(=Cc2cnc3cn[nH]c3c2)CS)OC1(C)C. The Hall–Kier alpha value is -1.31. The van der Waals surface area contributed by atoms with E-state index >= 15 is 0 Å². The Morgan fingerprint density at radius 1 is 1.27 bits per heavy atom. The van der Waals surface area contributed by atoms with Crippen molar-refractivity contribution in [3.8, 4) is 0 Å². The zero-order valence-corrected chi connectivity index (χ0v) is 14.1. The van der Waals surface area contributed by atoms with E-state index in [0.717, 1.165) is 22.1 Å². The van der Waals surface area contributed by atoms with E-state index in [9.17, 15) is 0 Å². The molecule has 3 heterocycles. The lowest BCUT2D eigenvalue weighted by Gasteiger charge is -2.32. The predicted octanol–water partition coefficient (Wildman–Crippen LogP) is 2.90. The maximum atomic E-state index is 6.08. The second-order valence-corrected chi connectivity index (χ2v) is 6.85. The number of pyridine rings is 1. The van der Waals surface area contributed by atoms with Crippen LogP contribution in [-0.4, -0.2) is 39.3 Å². The quantitative estimate of drug-likeness (QED) is 0.675. The number of H-pyrrole nitrogens is 1. The summed E-state index contributed by atoms with van der Waals surface area (Å²) in [5.74, 6) is 0.553. The third-order valence-corrected chi connectivity index (χ3v) is 4.77. The molecule has 0 spiro atoms. The van der Waals surface area contributed by atoms with Gasteiger partial charge in [-0.2, -0.15) is 17.7 Å². The van der Waals surface area contributed by atoms with Gasteiger partial charge >= 0.3 is 7.12 Å². The number of aromatic nitrogens is 3. The highest BCUT2D eigenvalue weighted by atomic mass is 32.1. The first-order valence-corrected chi connectivity index (χ1v) is 7.92. The minimum absolute atomic E-state index is 0.356. The Labute approximate surface area is 136 Å². The van der Waals surface area contributed by atoms with Crippen LogP contribution in [0.15, 0.2) is 23.9 Å². The van der Waals surface area contributed by atoms with E-state index in [4.69, 9.17) is 9.31 Å². The molecule has 0 radical (unpaired) electrons. The molecule has 2 aromatic heterocycles. The van der Waals surface area contributed by atoms with Gasteiger partial charge in [-0.25, -0.2) is 0 Å². The molecule has 1 aliphatic rings. The first-order valence-electron chi connectivity index (χ1n) is 7.28. The largest absolute Gasteiger partial charge is 0.491 e. The van der Waals surface area contributed by atoms with Crippen LogP contribution in [0.1, 0.15) is 33.3 Å². The predicted molar refractivity (Wildman–Crippen MR) is 91.8 cm³/mol. The topological polar surface area (TPSA) is 60.0 Å². The van der Waals surface area contributed by atoms with Gasteiger partial charge in [0.15, 0.2) is 0 Å². The molecule has 0 unspecified atom stereocenters. The van der Waals surface area contributed by atoms with Gasteiger partial charge in [0.25, 0.3) is 0 Å². The number of nitrogens with zero attached hydrogens (tertiary/aromatic N) is 2. The molecular formula is C15H20BN3O2S. The lowest BCUT2D eigenvalue weighted by molar-refractivity contribution is 0.00578. The molecule has 22 heavy (non-hydrogen) atoms. The summed E-state index contributed by atoms with van der Waals surface area (Å²) in [6, 6.07) is 2.00. The molecule has 7 heteroatoms. The molecule has 2 aromatic rings. The van der Waals surface area contributed by atoms with Gasteiger partial charge in [0.2, 0.25) is 0 Å². The van der Waals surface area contributed by atoms with E-state index in [1.165, 1.54) is 0 Å². The summed E-state index contributed by atoms with van der Waals surface area (Å²) >= 11 is 4.43. The van der Waals surface area contributed by atoms with E-state index in [1.807, 2.05) is 46.0 Å². The third kappa shape index (κ3) is 2.68. The van der Waals surface area contributed by atoms with Gasteiger partial charge in [-0.05, 0) is 44.8 Å². The summed E-state index contributed by atoms with van der Waals surface area (Å²) in [5, 5.41) is 6.91. The van der Waals surface area contributed by atoms with Crippen molar-refractivity contribution in [2.24, 2.45) is 0 Å². The number of hydrogen-bond donors (Lipinski definition) is 2. The summed E-state index contributed by atoms with van der Waals surface area (Å²) in [6.07, 6.45) is 5.53. The average Bonchev–Trinajstić information content (AvgIpc) is 2.98. The molecule has 1 fully saturated rings. The Bertz CT molecular complexity index is 710. The number of hydrogen-bond acceptors (Lipinski definition) is 5. The second-order valence-electron chi connectivity index (χ2n) is 6.54. The molecule has 1 N–H and O–H groups in total. The smallest absolute Gasteiger partial charge is 0.400 e. The fourth-order valence-electron chi connectivity index (χ4n) is 2.32. The van der Waals surface area contributed by atoms with Crippen molar-refractivity contribution in [1.82, 2.24) is 15.2 Å². The van der Waals surface area contributed by atoms with Crippen molar-refractivity contribution >= 4 is 36.9 Å². The van der Waals surface area contributed by atoms with Crippen LogP contribution in [0.4, 0.5) is 0 Å². The zero-order valence-electron chi connectivity index (χ0n) is 13.3. The van der Waals surface area contributed by atoms with Gasteiger partial charge in [-0.3, -0.25) is 10.1 Å². The fourth-order valence-corrected chi connectivity index (χ4v) is 2.56. The highest BCUT2D eigenvalue weighted by molar-refractivity contribution is 7.80. The number of nitrogens with one attached hydrogen (secondary N) is 1. The summed E-state index contributed by atoms with van der Waals surface area (Å²) in [5.41, 5.74) is 2.98. The van der Waals surface area contributed by atoms with E-state index < -0.39 is 0 Å². The zero-order chi connectivity index (χ0) is 16.0. The van der Waals surface area contributed by atoms with E-state index in [1.54, 1.807) is 6.20 Å². The highest BCUT2D eigenvalue weighted by Gasteiger charge is 2.52. The van der Waals surface area contributed by atoms with Gasteiger partial charge in [-0.1, -0.05) is 6.08 Å². The van der Waals surface area contributed by atoms with Crippen LogP contribution in [0.25, 0.3) is 17.1 Å². The van der Waals surface area contributed by atoms with Gasteiger partial charge in [0, 0.05) is 11.9 Å². The monoisotopic (exact) mass is 317 g/mol. The maximum Gasteiger partial charge on any atom is 0.491 e. The molecule has 116 valence electrons. The average molecular weight is 317 g/mol. The summed E-state index contributed by atoms with van der Waals surface area (Å²) in [4.78, 5) is 4.37. The van der Waals surface area contributed by atoms with Crippen molar-refractivity contribution in [3.05, 3.63) is 29.5 Å². The van der Waals surface area contributed by atoms with Gasteiger partial charge < -0.3 is 9.31 Å². The van der Waals surface area contributed by atoms with E-state index in [2.05, 4.69) is 27.8 Å². The van der Waals surface area contributed by atoms with Crippen molar-refractivity contribution in [2.75, 3.05) is 5.75 Å². The summed E-state index contributed by atoms with van der Waals surface area (Å²) in [7, 11) is -0.389. The maximum absolute atomic E-state index is 6.08. The Morgan fingerprint density at radius 2 is 1.95 bits per heavy atom. The van der Waals surface area contributed by atoms with Crippen LogP contribution in [0.3, 0.4) is 0 Å². The van der Waals surface area contributed by atoms with Gasteiger partial charge in [-0.15, -0.1) is 0 Å². The molecule has 0 atom stereocenters. The van der Waals surface area contributed by atoms with Gasteiger partial charge in [0.1, 0.15) is 5.52 Å². The number of fused-ring (bicyclic) bond motifs is 1. The fraction of sp³-hybridized carbons (Fsp3) is 0.467. The minimum atomic E-state index is -0.389. The first-order chi connectivity index (χ1) is 10.3. The first kappa shape index (κ1) is 15.6. The Morgan fingerprint density at radius 3 is 2.59 bits per heavy atom. The molecule has 0 saturated carbocycles. The molecule has 1 saturated heterocycles. The van der Waals surface area contributed by atoms with Crippen LogP contribution >= 0.6 is 12.6 Å². The lowest BCUT2D eigenvalue weighted by Crippen LogP contribution is -2.41. The van der Waals surface area contributed by atoms with Crippen LogP contribution in [-0.2, 0) is 9.31 Å². The van der Waals surface area contributed by atoms with E-state index in [0.29, 0.717) is 5.75 Å². The number of thiol groups is 1. The molecule has 0 aliphatic carbocycles. The number of aromatic amines is 1. The molecular weight excluding hydrogens is 297 g/mol. The van der Waals surface area contributed by atoms with Crippen LogP contribution in [0.5, 0.6) is 0 Å². The molecule has 0 aromatic carbocycles. The lowest BCUT2D eigenvalue weighted by atomic mass is 9.78. The van der Waals surface area contributed by atoms with Crippen LogP contribution < -0.4 is 0 Å². The van der Waals surface area contributed by atoms with Crippen molar-refractivity contribution < 1.29 is 9.31 Å². The number of rotatable bonds is 3. The van der Waals surface area contributed by atoms with Crippen molar-refractivity contribution in [1.29, 1.82) is 0 Å². The molecule has 3 rings (SSSR count). The van der Waals surface area contributed by atoms with E-state index in [-0.39, 0.29) is 18.3 Å². The summed E-state index contributed by atoms with van der Waals surface area (Å²) < 4.78 is 12.2. The minimum Gasteiger partial charge on any atom is -0.400 e. The summed E-state index contributed by atoms with van der Waals surface area (Å²) in [6.45, 7) is 8.17. The molecule has 0 amide bonds. The highest BCUT2D eigenvalue weighted by Crippen LogP contribution is 2.39. The van der Waals surface area contributed by atoms with Crippen LogP contribution in [0.2, 0.25) is 0 Å². The van der Waals surface area contributed by atoms with Gasteiger partial charge in [0.05, 0.1) is 22.9 Å². The standard InChI is InChI=1S/C15H20BN3O2S/c1-14(2)15(3,4)21-16(20-14)11(9-22)5-10-6-12-13(17-7-10)8-18-19-12/h5-8,22H,9H2,1-4H3,(H,18,19). The molecule has 0 bridgehead atoms. The second kappa shape index (κ2) is 5.40. The normalized spacial score (nSPS) is 20.8. The third-order valence-electron chi connectivity index (χ3n) is 4.40. The molecule has 1 aliphatic heterocycles. The molecule has 5 nitrogen and oxygen atoms in total. The van der Waals surface area contributed by atoms with Crippen molar-refractivity contribution in [3.63, 3.8) is 0 Å².